The molecular weight excluding hydrogens is 301 g/mol. The fraction of sp³-hybridized carbons (Fsp3) is 0.111. The Morgan fingerprint density at radius 3 is 2.77 bits per heavy atom. The molecule has 0 saturated heterocycles. The van der Waals surface area contributed by atoms with Crippen LogP contribution in [0.1, 0.15) is 0 Å². The summed E-state index contributed by atoms with van der Waals surface area (Å²) in [5.41, 5.74) is 0.867. The van der Waals surface area contributed by atoms with Crippen molar-refractivity contribution >= 4 is 42.8 Å². The third kappa shape index (κ3) is 1.32. The predicted molar refractivity (Wildman–Crippen MR) is 58.3 cm³/mol. The van der Waals surface area contributed by atoms with Crippen LogP contribution in [0.3, 0.4) is 0 Å². The second-order valence-corrected chi connectivity index (χ2v) is 4.49. The number of benzene rings is 1. The molecule has 1 aromatic carbocycles. The molecule has 0 saturated carbocycles. The fourth-order valence-electron chi connectivity index (χ4n) is 1.36. The van der Waals surface area contributed by atoms with E-state index in [4.69, 9.17) is 0 Å². The number of halogens is 3. The van der Waals surface area contributed by atoms with Crippen LogP contribution in [0.2, 0.25) is 0 Å². The number of nitrogens with zero attached hydrogens (tertiary/aromatic N) is 1. The number of rotatable bonds is 0. The van der Waals surface area contributed by atoms with Crippen molar-refractivity contribution in [1.29, 1.82) is 0 Å². The summed E-state index contributed by atoms with van der Waals surface area (Å²) in [6.45, 7) is 0. The SMILES string of the molecule is Cn1ccc2c(F)cc(Br)c(Br)c21. The molecule has 1 aromatic heterocycles. The summed E-state index contributed by atoms with van der Waals surface area (Å²) in [5.74, 6) is -0.203. The van der Waals surface area contributed by atoms with Crippen LogP contribution in [-0.2, 0) is 7.05 Å². The zero-order valence-corrected chi connectivity index (χ0v) is 9.99. The first-order valence-electron chi connectivity index (χ1n) is 3.70. The number of aromatic nitrogens is 1. The number of fused-ring (bicyclic) bond motifs is 1. The second kappa shape index (κ2) is 3.10. The highest BCUT2D eigenvalue weighted by atomic mass is 79.9. The van der Waals surface area contributed by atoms with Gasteiger partial charge in [0.25, 0.3) is 0 Å². The van der Waals surface area contributed by atoms with Crippen LogP contribution in [-0.4, -0.2) is 4.57 Å². The van der Waals surface area contributed by atoms with Crippen LogP contribution in [0.15, 0.2) is 27.3 Å². The lowest BCUT2D eigenvalue weighted by Crippen LogP contribution is -1.87. The van der Waals surface area contributed by atoms with Crippen molar-refractivity contribution < 1.29 is 4.39 Å². The third-order valence-corrected chi connectivity index (χ3v) is 3.96. The van der Waals surface area contributed by atoms with E-state index in [1.165, 1.54) is 6.07 Å². The average molecular weight is 307 g/mol. The third-order valence-electron chi connectivity index (χ3n) is 2.00. The van der Waals surface area contributed by atoms with Gasteiger partial charge in [0.2, 0.25) is 0 Å². The number of hydrogen-bond acceptors (Lipinski definition) is 0. The molecule has 0 amide bonds. The van der Waals surface area contributed by atoms with Crippen molar-refractivity contribution in [2.45, 2.75) is 0 Å². The topological polar surface area (TPSA) is 4.93 Å². The summed E-state index contributed by atoms with van der Waals surface area (Å²) in [4.78, 5) is 0. The molecule has 1 nitrogen and oxygen atoms in total. The van der Waals surface area contributed by atoms with Gasteiger partial charge in [-0.05, 0) is 44.0 Å². The Bertz CT molecular complexity index is 476. The molecule has 13 heavy (non-hydrogen) atoms. The highest BCUT2D eigenvalue weighted by Gasteiger charge is 2.10. The highest BCUT2D eigenvalue weighted by molar-refractivity contribution is 9.13. The molecule has 2 rings (SSSR count). The molecule has 0 bridgehead atoms. The van der Waals surface area contributed by atoms with Gasteiger partial charge in [0.15, 0.2) is 0 Å². The molecule has 68 valence electrons. The summed E-state index contributed by atoms with van der Waals surface area (Å²) >= 11 is 6.70. The molecule has 2 aromatic rings. The summed E-state index contributed by atoms with van der Waals surface area (Å²) in [5, 5.41) is 0.637. The van der Waals surface area contributed by atoms with E-state index >= 15 is 0 Å². The van der Waals surface area contributed by atoms with E-state index in [0.717, 1.165) is 14.5 Å². The van der Waals surface area contributed by atoms with E-state index in [-0.39, 0.29) is 5.82 Å². The van der Waals surface area contributed by atoms with Crippen molar-refractivity contribution in [1.82, 2.24) is 4.57 Å². The van der Waals surface area contributed by atoms with Crippen molar-refractivity contribution in [3.05, 3.63) is 33.1 Å². The molecule has 0 spiro atoms. The van der Waals surface area contributed by atoms with Crippen molar-refractivity contribution in [3.63, 3.8) is 0 Å². The summed E-state index contributed by atoms with van der Waals surface area (Å²) in [7, 11) is 1.89. The van der Waals surface area contributed by atoms with Gasteiger partial charge >= 0.3 is 0 Å². The van der Waals surface area contributed by atoms with Crippen LogP contribution < -0.4 is 0 Å². The first-order chi connectivity index (χ1) is 6.11. The lowest BCUT2D eigenvalue weighted by Gasteiger charge is -2.02. The van der Waals surface area contributed by atoms with E-state index in [2.05, 4.69) is 31.9 Å². The van der Waals surface area contributed by atoms with Gasteiger partial charge in [-0.1, -0.05) is 0 Å². The molecular formula is C9H6Br2FN. The Morgan fingerprint density at radius 2 is 2.08 bits per heavy atom. The van der Waals surface area contributed by atoms with Gasteiger partial charge in [0.1, 0.15) is 5.82 Å². The van der Waals surface area contributed by atoms with Gasteiger partial charge in [-0.3, -0.25) is 0 Å². The van der Waals surface area contributed by atoms with E-state index in [1.54, 1.807) is 6.07 Å². The maximum Gasteiger partial charge on any atom is 0.133 e. The lowest BCUT2D eigenvalue weighted by molar-refractivity contribution is 0.639. The minimum atomic E-state index is -0.203. The van der Waals surface area contributed by atoms with Crippen molar-refractivity contribution in [3.8, 4) is 0 Å². The Kier molecular flexibility index (Phi) is 2.20. The van der Waals surface area contributed by atoms with Gasteiger partial charge < -0.3 is 4.57 Å². The first kappa shape index (κ1) is 9.21. The molecule has 0 aliphatic heterocycles. The smallest absolute Gasteiger partial charge is 0.133 e. The molecule has 4 heteroatoms. The molecule has 0 atom stereocenters. The van der Waals surface area contributed by atoms with Gasteiger partial charge in [-0.2, -0.15) is 0 Å². The molecule has 1 heterocycles. The van der Waals surface area contributed by atoms with Gasteiger partial charge in [0, 0.05) is 23.1 Å². The van der Waals surface area contributed by atoms with Crippen LogP contribution in [0.5, 0.6) is 0 Å². The van der Waals surface area contributed by atoms with Crippen molar-refractivity contribution in [2.24, 2.45) is 7.05 Å². The molecule has 0 N–H and O–H groups in total. The van der Waals surface area contributed by atoms with Crippen LogP contribution >= 0.6 is 31.9 Å². The second-order valence-electron chi connectivity index (χ2n) is 2.84. The fourth-order valence-corrected chi connectivity index (χ4v) is 2.36. The quantitative estimate of drug-likeness (QED) is 0.652. The van der Waals surface area contributed by atoms with Gasteiger partial charge in [-0.25, -0.2) is 4.39 Å². The largest absolute Gasteiger partial charge is 0.350 e. The maximum atomic E-state index is 13.4. The lowest BCUT2D eigenvalue weighted by atomic mass is 10.2. The average Bonchev–Trinajstić information content (AvgIpc) is 2.44. The first-order valence-corrected chi connectivity index (χ1v) is 5.28. The molecule has 0 unspecified atom stereocenters. The summed E-state index contributed by atoms with van der Waals surface area (Å²) in [6.07, 6.45) is 1.84. The maximum absolute atomic E-state index is 13.4. The minimum absolute atomic E-state index is 0.203. The van der Waals surface area contributed by atoms with Crippen molar-refractivity contribution in [2.75, 3.05) is 0 Å². The summed E-state index contributed by atoms with van der Waals surface area (Å²) < 4.78 is 16.9. The van der Waals surface area contributed by atoms with Crippen LogP contribution in [0.25, 0.3) is 10.9 Å². The summed E-state index contributed by atoms with van der Waals surface area (Å²) in [6, 6.07) is 3.23. The van der Waals surface area contributed by atoms with Crippen LogP contribution in [0.4, 0.5) is 4.39 Å². The Hall–Kier alpha value is -0.350. The van der Waals surface area contributed by atoms with Gasteiger partial charge in [0.05, 0.1) is 9.99 Å². The normalized spacial score (nSPS) is 11.1. The Morgan fingerprint density at radius 1 is 1.38 bits per heavy atom. The Labute approximate surface area is 91.8 Å². The Balaban J connectivity index is 3.00. The molecule has 0 aliphatic carbocycles. The standard InChI is InChI=1S/C9H6Br2FN/c1-13-3-2-5-7(12)4-6(10)8(11)9(5)13/h2-4H,1H3. The monoisotopic (exact) mass is 305 g/mol. The molecule has 0 fully saturated rings. The van der Waals surface area contributed by atoms with E-state index in [1.807, 2.05) is 17.8 Å². The predicted octanol–water partition coefficient (Wildman–Crippen LogP) is 3.84. The number of hydrogen-bond donors (Lipinski definition) is 0. The minimum Gasteiger partial charge on any atom is -0.350 e. The van der Waals surface area contributed by atoms with E-state index in [0.29, 0.717) is 5.39 Å². The van der Waals surface area contributed by atoms with Crippen LogP contribution in [0, 0.1) is 5.82 Å². The van der Waals surface area contributed by atoms with E-state index < -0.39 is 0 Å². The number of aryl methyl sites for hydroxylation is 1. The van der Waals surface area contributed by atoms with Gasteiger partial charge in [-0.15, -0.1) is 0 Å². The molecule has 0 radical (unpaired) electrons. The molecule has 0 aliphatic rings. The zero-order chi connectivity index (χ0) is 9.59. The zero-order valence-electron chi connectivity index (χ0n) is 6.81. The highest BCUT2D eigenvalue weighted by Crippen LogP contribution is 2.33. The van der Waals surface area contributed by atoms with E-state index in [9.17, 15) is 4.39 Å².